The molecule has 5 heteroatoms. The smallest absolute Gasteiger partial charge is 0.254 e. The number of amides is 1. The van der Waals surface area contributed by atoms with Crippen LogP contribution in [-0.2, 0) is 4.74 Å². The molecule has 1 aliphatic rings. The van der Waals surface area contributed by atoms with E-state index in [1.165, 1.54) is 6.92 Å². The minimum absolute atomic E-state index is 0.0663. The van der Waals surface area contributed by atoms with Crippen LogP contribution >= 0.6 is 0 Å². The standard InChI is InChI=1S/C14H18FNO3/c1-10-7-12(9-13(8-10)19-11(2)15)14(17)16-3-5-18-6-4-16/h7-9,11H,3-6H2,1-2H3. The van der Waals surface area contributed by atoms with E-state index in [1.807, 2.05) is 6.92 Å². The van der Waals surface area contributed by atoms with Crippen molar-refractivity contribution in [3.8, 4) is 5.75 Å². The average Bonchev–Trinajstić information content (AvgIpc) is 2.37. The molecule has 2 rings (SSSR count). The second-order valence-electron chi connectivity index (χ2n) is 4.60. The Morgan fingerprint density at radius 3 is 2.68 bits per heavy atom. The lowest BCUT2D eigenvalue weighted by atomic mass is 10.1. The molecule has 1 unspecified atom stereocenters. The molecule has 0 N–H and O–H groups in total. The van der Waals surface area contributed by atoms with Gasteiger partial charge in [-0.1, -0.05) is 0 Å². The maximum Gasteiger partial charge on any atom is 0.254 e. The molecular weight excluding hydrogens is 249 g/mol. The fourth-order valence-corrected chi connectivity index (χ4v) is 2.08. The van der Waals surface area contributed by atoms with Crippen molar-refractivity contribution in [3.05, 3.63) is 29.3 Å². The number of alkyl halides is 1. The highest BCUT2D eigenvalue weighted by Gasteiger charge is 2.19. The Hall–Kier alpha value is -1.62. The van der Waals surface area contributed by atoms with Crippen LogP contribution in [0.2, 0.25) is 0 Å². The molecule has 1 fully saturated rings. The molecule has 0 saturated carbocycles. The van der Waals surface area contributed by atoms with Crippen molar-refractivity contribution in [1.29, 1.82) is 0 Å². The number of rotatable bonds is 3. The Kier molecular flexibility index (Phi) is 4.37. The first kappa shape index (κ1) is 13.8. The first-order valence-electron chi connectivity index (χ1n) is 6.35. The molecule has 1 heterocycles. The Balaban J connectivity index is 2.18. The molecule has 1 amide bonds. The summed E-state index contributed by atoms with van der Waals surface area (Å²) in [7, 11) is 0. The van der Waals surface area contributed by atoms with Crippen molar-refractivity contribution >= 4 is 5.91 Å². The highest BCUT2D eigenvalue weighted by molar-refractivity contribution is 5.94. The van der Waals surface area contributed by atoms with Gasteiger partial charge in [-0.3, -0.25) is 4.79 Å². The number of hydrogen-bond donors (Lipinski definition) is 0. The van der Waals surface area contributed by atoms with E-state index in [4.69, 9.17) is 9.47 Å². The zero-order valence-electron chi connectivity index (χ0n) is 11.2. The van der Waals surface area contributed by atoms with Gasteiger partial charge in [-0.2, -0.15) is 0 Å². The monoisotopic (exact) mass is 267 g/mol. The quantitative estimate of drug-likeness (QED) is 0.842. The Morgan fingerprint density at radius 1 is 1.37 bits per heavy atom. The van der Waals surface area contributed by atoms with Gasteiger partial charge in [-0.25, -0.2) is 4.39 Å². The van der Waals surface area contributed by atoms with E-state index < -0.39 is 6.36 Å². The summed E-state index contributed by atoms with van der Waals surface area (Å²) in [4.78, 5) is 14.0. The van der Waals surface area contributed by atoms with Gasteiger partial charge in [0.15, 0.2) is 0 Å². The Labute approximate surface area is 112 Å². The second kappa shape index (κ2) is 6.02. The fraction of sp³-hybridized carbons (Fsp3) is 0.500. The van der Waals surface area contributed by atoms with E-state index in [1.54, 1.807) is 23.1 Å². The minimum Gasteiger partial charge on any atom is -0.461 e. The topological polar surface area (TPSA) is 38.8 Å². The van der Waals surface area contributed by atoms with Crippen molar-refractivity contribution in [1.82, 2.24) is 4.90 Å². The number of hydrogen-bond acceptors (Lipinski definition) is 3. The normalized spacial score (nSPS) is 17.1. The third kappa shape index (κ3) is 3.67. The minimum atomic E-state index is -1.40. The van der Waals surface area contributed by atoms with Gasteiger partial charge in [-0.05, 0) is 30.7 Å². The predicted octanol–water partition coefficient (Wildman–Crippen LogP) is 2.16. The second-order valence-corrected chi connectivity index (χ2v) is 4.60. The van der Waals surface area contributed by atoms with Crippen LogP contribution in [0.15, 0.2) is 18.2 Å². The first-order valence-corrected chi connectivity index (χ1v) is 6.35. The third-order valence-corrected chi connectivity index (χ3v) is 2.89. The summed E-state index contributed by atoms with van der Waals surface area (Å²) in [5, 5.41) is 0. The lowest BCUT2D eigenvalue weighted by Crippen LogP contribution is -2.40. The number of carbonyl (C=O) groups is 1. The largest absolute Gasteiger partial charge is 0.461 e. The number of ether oxygens (including phenoxy) is 2. The molecule has 1 saturated heterocycles. The van der Waals surface area contributed by atoms with Crippen LogP contribution in [0.1, 0.15) is 22.8 Å². The first-order chi connectivity index (χ1) is 9.06. The van der Waals surface area contributed by atoms with Gasteiger partial charge >= 0.3 is 0 Å². The maximum atomic E-state index is 12.9. The van der Waals surface area contributed by atoms with Crippen molar-refractivity contribution < 1.29 is 18.7 Å². The number of morpholine rings is 1. The van der Waals surface area contributed by atoms with Crippen LogP contribution in [0.3, 0.4) is 0 Å². The van der Waals surface area contributed by atoms with Crippen molar-refractivity contribution in [2.24, 2.45) is 0 Å². The highest BCUT2D eigenvalue weighted by Crippen LogP contribution is 2.20. The van der Waals surface area contributed by atoms with Crippen molar-refractivity contribution in [2.45, 2.75) is 20.2 Å². The molecule has 0 spiro atoms. The zero-order chi connectivity index (χ0) is 13.8. The molecule has 1 aliphatic heterocycles. The molecule has 19 heavy (non-hydrogen) atoms. The predicted molar refractivity (Wildman–Crippen MR) is 69.1 cm³/mol. The van der Waals surface area contributed by atoms with E-state index in [2.05, 4.69) is 0 Å². The zero-order valence-corrected chi connectivity index (χ0v) is 11.2. The van der Waals surface area contributed by atoms with Crippen LogP contribution in [0.5, 0.6) is 5.75 Å². The van der Waals surface area contributed by atoms with Gasteiger partial charge in [0.25, 0.3) is 5.91 Å². The average molecular weight is 267 g/mol. The van der Waals surface area contributed by atoms with Gasteiger partial charge in [0, 0.05) is 25.6 Å². The molecule has 0 aliphatic carbocycles. The summed E-state index contributed by atoms with van der Waals surface area (Å²) in [6, 6.07) is 5.08. The lowest BCUT2D eigenvalue weighted by molar-refractivity contribution is 0.0302. The van der Waals surface area contributed by atoms with Gasteiger partial charge < -0.3 is 14.4 Å². The molecule has 0 aromatic heterocycles. The molecule has 0 radical (unpaired) electrons. The molecule has 1 aromatic carbocycles. The third-order valence-electron chi connectivity index (χ3n) is 2.89. The lowest BCUT2D eigenvalue weighted by Gasteiger charge is -2.27. The van der Waals surface area contributed by atoms with E-state index in [-0.39, 0.29) is 5.91 Å². The van der Waals surface area contributed by atoms with E-state index >= 15 is 0 Å². The highest BCUT2D eigenvalue weighted by atomic mass is 19.1. The van der Waals surface area contributed by atoms with Crippen LogP contribution < -0.4 is 4.74 Å². The van der Waals surface area contributed by atoms with E-state index in [0.29, 0.717) is 37.6 Å². The number of nitrogens with zero attached hydrogens (tertiary/aromatic N) is 1. The van der Waals surface area contributed by atoms with Gasteiger partial charge in [0.1, 0.15) is 5.75 Å². The molecule has 104 valence electrons. The van der Waals surface area contributed by atoms with Gasteiger partial charge in [-0.15, -0.1) is 0 Å². The van der Waals surface area contributed by atoms with Crippen LogP contribution in [0.4, 0.5) is 4.39 Å². The summed E-state index contributed by atoms with van der Waals surface area (Å²) < 4.78 is 23.1. The molecule has 4 nitrogen and oxygen atoms in total. The van der Waals surface area contributed by atoms with Crippen LogP contribution in [0.25, 0.3) is 0 Å². The molecule has 1 aromatic rings. The van der Waals surface area contributed by atoms with Crippen molar-refractivity contribution in [3.63, 3.8) is 0 Å². The molecule has 1 atom stereocenters. The maximum absolute atomic E-state index is 12.9. The SMILES string of the molecule is Cc1cc(OC(C)F)cc(C(=O)N2CCOCC2)c1. The summed E-state index contributed by atoms with van der Waals surface area (Å²) in [5.74, 6) is 0.315. The number of halogens is 1. The number of carbonyl (C=O) groups excluding carboxylic acids is 1. The number of benzene rings is 1. The molecule has 0 bridgehead atoms. The van der Waals surface area contributed by atoms with Gasteiger partial charge in [0.2, 0.25) is 6.36 Å². The Morgan fingerprint density at radius 2 is 2.05 bits per heavy atom. The summed E-state index contributed by atoms with van der Waals surface area (Å²) >= 11 is 0. The number of aryl methyl sites for hydroxylation is 1. The summed E-state index contributed by atoms with van der Waals surface area (Å²) in [6.45, 7) is 5.45. The van der Waals surface area contributed by atoms with E-state index in [9.17, 15) is 9.18 Å². The van der Waals surface area contributed by atoms with Gasteiger partial charge in [0.05, 0.1) is 13.2 Å². The summed E-state index contributed by atoms with van der Waals surface area (Å²) in [6.07, 6.45) is -1.40. The summed E-state index contributed by atoms with van der Waals surface area (Å²) in [5.41, 5.74) is 1.40. The molecular formula is C14H18FNO3. The van der Waals surface area contributed by atoms with Crippen LogP contribution in [-0.4, -0.2) is 43.5 Å². The van der Waals surface area contributed by atoms with Crippen LogP contribution in [0, 0.1) is 6.92 Å². The van der Waals surface area contributed by atoms with E-state index in [0.717, 1.165) is 5.56 Å². The Bertz CT molecular complexity index is 456. The fourth-order valence-electron chi connectivity index (χ4n) is 2.08. The van der Waals surface area contributed by atoms with Crippen molar-refractivity contribution in [2.75, 3.05) is 26.3 Å².